The molecule has 0 atom stereocenters. The number of hydrogen-bond acceptors (Lipinski definition) is 3. The molecule has 1 saturated carbocycles. The zero-order valence-electron chi connectivity index (χ0n) is 19.5. The van der Waals surface area contributed by atoms with Crippen molar-refractivity contribution in [2.75, 3.05) is 23.8 Å². The van der Waals surface area contributed by atoms with E-state index in [0.29, 0.717) is 23.0 Å². The highest BCUT2D eigenvalue weighted by atomic mass is 31.2. The molecule has 1 fully saturated rings. The molecular formula is C26H34FNO3P+. The third-order valence-electron chi connectivity index (χ3n) is 7.13. The number of rotatable bonds is 9. The van der Waals surface area contributed by atoms with Crippen LogP contribution in [-0.2, 0) is 20.9 Å². The maximum atomic E-state index is 13.7. The Bertz CT molecular complexity index is 945. The highest BCUT2D eigenvalue weighted by Crippen LogP contribution is 2.74. The average Bonchev–Trinajstić information content (AvgIpc) is 2.74. The third kappa shape index (κ3) is 4.73. The fourth-order valence-electron chi connectivity index (χ4n) is 5.00. The van der Waals surface area contributed by atoms with E-state index >= 15 is 0 Å². The molecule has 0 radical (unpaired) electrons. The van der Waals surface area contributed by atoms with Crippen LogP contribution in [0.3, 0.4) is 0 Å². The molecular weight excluding hydrogens is 424 g/mol. The number of aryl methyl sites for hydroxylation is 2. The lowest BCUT2D eigenvalue weighted by molar-refractivity contribution is -0.141. The van der Waals surface area contributed by atoms with Gasteiger partial charge in [0.1, 0.15) is 12.4 Å². The lowest BCUT2D eigenvalue weighted by Gasteiger charge is -2.48. The van der Waals surface area contributed by atoms with Gasteiger partial charge in [-0.25, -0.2) is 9.18 Å². The standard InChI is InChI=1S/C26H33FNO3P/c1-5-32(6-2,18-23(29)31-17-21-11-8-7-9-12-21)26(13-10-14-26)25(30)28-24-19(3)15-22(27)16-20(24)4/h7-9,11-12,15-16H,5-6,10,13-14,17-18H2,1-4H3/p+1. The van der Waals surface area contributed by atoms with Gasteiger partial charge < -0.3 is 10.1 Å². The van der Waals surface area contributed by atoms with Gasteiger partial charge in [0.25, 0.3) is 5.91 Å². The fourth-order valence-corrected chi connectivity index (χ4v) is 9.75. The number of carbonyl (C=O) groups excluding carboxylic acids is 2. The topological polar surface area (TPSA) is 55.4 Å². The second-order valence-corrected chi connectivity index (χ2v) is 13.6. The average molecular weight is 459 g/mol. The van der Waals surface area contributed by atoms with Crippen LogP contribution in [0.4, 0.5) is 10.1 Å². The largest absolute Gasteiger partial charge is 0.458 e. The summed E-state index contributed by atoms with van der Waals surface area (Å²) in [6.07, 6.45) is 4.52. The van der Waals surface area contributed by atoms with Crippen molar-refractivity contribution in [2.24, 2.45) is 0 Å². The Hall–Kier alpha value is -2.26. The lowest BCUT2D eigenvalue weighted by atomic mass is 9.83. The second kappa shape index (κ2) is 10.1. The van der Waals surface area contributed by atoms with Crippen LogP contribution < -0.4 is 5.32 Å². The smallest absolute Gasteiger partial charge is 0.344 e. The number of halogens is 1. The first-order valence-corrected chi connectivity index (χ1v) is 13.8. The van der Waals surface area contributed by atoms with E-state index in [1.54, 1.807) is 0 Å². The minimum Gasteiger partial charge on any atom is -0.458 e. The Kier molecular flexibility index (Phi) is 7.71. The van der Waals surface area contributed by atoms with Gasteiger partial charge in [-0.1, -0.05) is 30.3 Å². The lowest BCUT2D eigenvalue weighted by Crippen LogP contribution is -2.52. The van der Waals surface area contributed by atoms with Crippen LogP contribution in [0, 0.1) is 19.7 Å². The first-order chi connectivity index (χ1) is 15.3. The van der Waals surface area contributed by atoms with Crippen LogP contribution in [0.25, 0.3) is 0 Å². The first kappa shape index (κ1) is 24.4. The summed E-state index contributed by atoms with van der Waals surface area (Å²) in [6.45, 7) is 8.07. The van der Waals surface area contributed by atoms with Gasteiger partial charge in [0.2, 0.25) is 0 Å². The predicted molar refractivity (Wildman–Crippen MR) is 130 cm³/mol. The van der Waals surface area contributed by atoms with Gasteiger partial charge in [0.15, 0.2) is 11.3 Å². The molecule has 0 unspecified atom stereocenters. The van der Waals surface area contributed by atoms with Gasteiger partial charge in [-0.15, -0.1) is 0 Å². The van der Waals surface area contributed by atoms with Gasteiger partial charge in [-0.2, -0.15) is 0 Å². The van der Waals surface area contributed by atoms with Crippen molar-refractivity contribution in [1.29, 1.82) is 0 Å². The molecule has 3 rings (SSSR count). The zero-order valence-corrected chi connectivity index (χ0v) is 20.4. The van der Waals surface area contributed by atoms with Crippen LogP contribution in [0.2, 0.25) is 0 Å². The summed E-state index contributed by atoms with van der Waals surface area (Å²) in [5.41, 5.74) is 3.06. The van der Waals surface area contributed by atoms with Gasteiger partial charge in [0, 0.05) is 12.9 Å². The van der Waals surface area contributed by atoms with Crippen molar-refractivity contribution in [3.8, 4) is 0 Å². The van der Waals surface area contributed by atoms with Gasteiger partial charge in [0.05, 0.1) is 12.3 Å². The Labute approximate surface area is 191 Å². The van der Waals surface area contributed by atoms with Crippen LogP contribution in [0.5, 0.6) is 0 Å². The minimum absolute atomic E-state index is 0.0190. The summed E-state index contributed by atoms with van der Waals surface area (Å²) in [5.74, 6) is -0.546. The molecule has 0 spiro atoms. The van der Waals surface area contributed by atoms with Crippen LogP contribution in [-0.4, -0.2) is 35.5 Å². The van der Waals surface area contributed by atoms with Crippen LogP contribution in [0.1, 0.15) is 49.8 Å². The van der Waals surface area contributed by atoms with E-state index in [-0.39, 0.29) is 24.3 Å². The molecule has 6 heteroatoms. The number of ether oxygens (including phenoxy) is 1. The Morgan fingerprint density at radius 2 is 1.66 bits per heavy atom. The second-order valence-electron chi connectivity index (χ2n) is 8.84. The number of esters is 1. The molecule has 32 heavy (non-hydrogen) atoms. The molecule has 2 aromatic rings. The highest BCUT2D eigenvalue weighted by molar-refractivity contribution is 7.79. The van der Waals surface area contributed by atoms with Gasteiger partial charge >= 0.3 is 5.97 Å². The quantitative estimate of drug-likeness (QED) is 0.365. The number of hydrogen-bond donors (Lipinski definition) is 1. The summed E-state index contributed by atoms with van der Waals surface area (Å²) in [5, 5.41) is 2.61. The maximum absolute atomic E-state index is 13.7. The summed E-state index contributed by atoms with van der Waals surface area (Å²) in [7, 11) is -1.96. The Morgan fingerprint density at radius 3 is 2.16 bits per heavy atom. The minimum atomic E-state index is -1.96. The molecule has 0 heterocycles. The Morgan fingerprint density at radius 1 is 1.06 bits per heavy atom. The third-order valence-corrected chi connectivity index (χ3v) is 12.9. The SMILES string of the molecule is CC[P+](CC)(CC(=O)OCc1ccccc1)C1(C(=O)Nc2c(C)cc(F)cc2C)CCC1. The molecule has 0 aliphatic heterocycles. The maximum Gasteiger partial charge on any atom is 0.344 e. The number of carbonyl (C=O) groups is 2. The number of amides is 1. The van der Waals surface area contributed by atoms with Crippen molar-refractivity contribution in [3.05, 3.63) is 65.0 Å². The zero-order chi connectivity index (χ0) is 23.4. The summed E-state index contributed by atoms with van der Waals surface area (Å²) in [4.78, 5) is 26.6. The predicted octanol–water partition coefficient (Wildman–Crippen LogP) is 6.10. The van der Waals surface area contributed by atoms with Crippen LogP contribution in [0.15, 0.2) is 42.5 Å². The summed E-state index contributed by atoms with van der Waals surface area (Å²) in [6, 6.07) is 12.5. The normalized spacial score (nSPS) is 15.0. The fraction of sp³-hybridized carbons (Fsp3) is 0.462. The van der Waals surface area contributed by atoms with Crippen LogP contribution >= 0.6 is 7.26 Å². The van der Waals surface area contributed by atoms with E-state index in [0.717, 1.165) is 37.1 Å². The van der Waals surface area contributed by atoms with E-state index in [1.165, 1.54) is 12.1 Å². The molecule has 0 bridgehead atoms. The van der Waals surface area contributed by atoms with Crippen molar-refractivity contribution in [3.63, 3.8) is 0 Å². The molecule has 1 N–H and O–H groups in total. The van der Waals surface area contributed by atoms with E-state index in [2.05, 4.69) is 19.2 Å². The van der Waals surface area contributed by atoms with E-state index in [1.807, 2.05) is 44.2 Å². The molecule has 2 aromatic carbocycles. The highest BCUT2D eigenvalue weighted by Gasteiger charge is 2.64. The monoisotopic (exact) mass is 458 g/mol. The van der Waals surface area contributed by atoms with Gasteiger partial charge in [-0.3, -0.25) is 4.79 Å². The summed E-state index contributed by atoms with van der Waals surface area (Å²) >= 11 is 0. The van der Waals surface area contributed by atoms with Crippen molar-refractivity contribution in [1.82, 2.24) is 0 Å². The van der Waals surface area contributed by atoms with Crippen molar-refractivity contribution < 1.29 is 18.7 Å². The van der Waals surface area contributed by atoms with E-state index < -0.39 is 12.4 Å². The number of anilines is 1. The van der Waals surface area contributed by atoms with Gasteiger partial charge in [-0.05, 0) is 75.8 Å². The van der Waals surface area contributed by atoms with E-state index in [9.17, 15) is 14.0 Å². The van der Waals surface area contributed by atoms with E-state index in [4.69, 9.17) is 4.74 Å². The molecule has 1 aliphatic rings. The molecule has 1 amide bonds. The molecule has 0 saturated heterocycles. The summed E-state index contributed by atoms with van der Waals surface area (Å²) < 4.78 is 19.4. The van der Waals surface area contributed by atoms with Crippen molar-refractivity contribution >= 4 is 24.8 Å². The number of nitrogens with one attached hydrogen (secondary N) is 1. The molecule has 1 aliphatic carbocycles. The Balaban J connectivity index is 1.80. The molecule has 172 valence electrons. The van der Waals surface area contributed by atoms with Crippen molar-refractivity contribution in [2.45, 2.75) is 58.7 Å². The first-order valence-electron chi connectivity index (χ1n) is 11.4. The number of benzene rings is 2. The molecule has 4 nitrogen and oxygen atoms in total. The molecule has 0 aromatic heterocycles.